The average Bonchev–Trinajstić information content (AvgIpc) is 3.12. The maximum atomic E-state index is 12.2. The van der Waals surface area contributed by atoms with Crippen molar-refractivity contribution < 1.29 is 9.59 Å². The Kier molecular flexibility index (Phi) is 6.07. The predicted molar refractivity (Wildman–Crippen MR) is 76.0 cm³/mol. The fourth-order valence-electron chi connectivity index (χ4n) is 2.69. The summed E-state index contributed by atoms with van der Waals surface area (Å²) in [6.45, 7) is 3.15. The topological polar surface area (TPSA) is 75.4 Å². The highest BCUT2D eigenvalue weighted by molar-refractivity contribution is 5.88. The Bertz CT molecular complexity index is 334. The zero-order chi connectivity index (χ0) is 13.1. The lowest BCUT2D eigenvalue weighted by atomic mass is 10.1. The van der Waals surface area contributed by atoms with Gasteiger partial charge in [-0.3, -0.25) is 9.59 Å². The number of hydrogen-bond donors (Lipinski definition) is 2. The average molecular weight is 290 g/mol. The molecule has 0 aromatic heterocycles. The van der Waals surface area contributed by atoms with E-state index >= 15 is 0 Å². The minimum absolute atomic E-state index is 0. The van der Waals surface area contributed by atoms with Crippen LogP contribution in [-0.2, 0) is 9.59 Å². The van der Waals surface area contributed by atoms with Crippen LogP contribution in [-0.4, -0.2) is 41.9 Å². The van der Waals surface area contributed by atoms with Gasteiger partial charge in [0.05, 0.1) is 0 Å². The first-order chi connectivity index (χ1) is 8.67. The summed E-state index contributed by atoms with van der Waals surface area (Å²) < 4.78 is 0. The maximum Gasteiger partial charge on any atom is 0.243 e. The van der Waals surface area contributed by atoms with Crippen LogP contribution in [0.15, 0.2) is 0 Å². The second kappa shape index (κ2) is 7.10. The number of amides is 2. The maximum absolute atomic E-state index is 12.2. The monoisotopic (exact) mass is 289 g/mol. The van der Waals surface area contributed by atoms with Crippen LogP contribution in [0.1, 0.15) is 39.0 Å². The molecule has 1 heterocycles. The molecule has 0 aromatic rings. The minimum Gasteiger partial charge on any atom is -0.350 e. The van der Waals surface area contributed by atoms with Gasteiger partial charge in [-0.05, 0) is 31.6 Å². The first-order valence-corrected chi connectivity index (χ1v) is 6.97. The number of nitrogens with one attached hydrogen (secondary N) is 1. The Balaban J connectivity index is 0.00000180. The number of likely N-dealkylation sites (tertiary alicyclic amines) is 1. The van der Waals surface area contributed by atoms with Crippen molar-refractivity contribution in [2.24, 2.45) is 11.7 Å². The molecule has 0 aromatic carbocycles. The molecular weight excluding hydrogens is 266 g/mol. The number of rotatable bonds is 6. The van der Waals surface area contributed by atoms with Gasteiger partial charge in [0.25, 0.3) is 0 Å². The van der Waals surface area contributed by atoms with Crippen molar-refractivity contribution >= 4 is 24.2 Å². The number of halogens is 1. The van der Waals surface area contributed by atoms with Crippen LogP contribution in [0, 0.1) is 5.92 Å². The Hall–Kier alpha value is -0.810. The summed E-state index contributed by atoms with van der Waals surface area (Å²) in [5.41, 5.74) is 5.69. The van der Waals surface area contributed by atoms with Crippen molar-refractivity contribution in [2.45, 2.75) is 51.1 Å². The van der Waals surface area contributed by atoms with Crippen molar-refractivity contribution in [1.82, 2.24) is 10.2 Å². The molecule has 0 radical (unpaired) electrons. The van der Waals surface area contributed by atoms with Gasteiger partial charge in [-0.1, -0.05) is 6.92 Å². The van der Waals surface area contributed by atoms with Crippen LogP contribution in [0.25, 0.3) is 0 Å². The van der Waals surface area contributed by atoms with Crippen LogP contribution >= 0.6 is 12.4 Å². The highest BCUT2D eigenvalue weighted by Gasteiger charge is 2.35. The Morgan fingerprint density at radius 3 is 2.63 bits per heavy atom. The zero-order valence-corrected chi connectivity index (χ0v) is 12.2. The van der Waals surface area contributed by atoms with Gasteiger partial charge in [-0.2, -0.15) is 0 Å². The van der Waals surface area contributed by atoms with Crippen LogP contribution in [0.4, 0.5) is 0 Å². The molecule has 2 fully saturated rings. The van der Waals surface area contributed by atoms with E-state index in [2.05, 4.69) is 5.32 Å². The smallest absolute Gasteiger partial charge is 0.243 e. The lowest BCUT2D eigenvalue weighted by molar-refractivity contribution is -0.137. The van der Waals surface area contributed by atoms with Gasteiger partial charge in [0.15, 0.2) is 0 Å². The molecule has 5 nitrogen and oxygen atoms in total. The lowest BCUT2D eigenvalue weighted by Gasteiger charge is -2.28. The van der Waals surface area contributed by atoms with E-state index in [0.29, 0.717) is 31.8 Å². The molecule has 2 atom stereocenters. The predicted octanol–water partition coefficient (Wildman–Crippen LogP) is 0.663. The van der Waals surface area contributed by atoms with Gasteiger partial charge in [0.2, 0.25) is 11.8 Å². The normalized spacial score (nSPS) is 21.8. The third-order valence-electron chi connectivity index (χ3n) is 3.95. The summed E-state index contributed by atoms with van der Waals surface area (Å²) in [4.78, 5) is 25.7. The number of nitrogens with two attached hydrogens (primary N) is 1. The first-order valence-electron chi connectivity index (χ1n) is 6.97. The Morgan fingerprint density at radius 1 is 1.53 bits per heavy atom. The summed E-state index contributed by atoms with van der Waals surface area (Å²) in [5.74, 6) is 0.619. The summed E-state index contributed by atoms with van der Waals surface area (Å²) >= 11 is 0. The second-order valence-electron chi connectivity index (χ2n) is 5.30. The zero-order valence-electron chi connectivity index (χ0n) is 11.4. The molecule has 2 unspecified atom stereocenters. The quantitative estimate of drug-likeness (QED) is 0.754. The molecule has 2 amide bonds. The van der Waals surface area contributed by atoms with E-state index in [-0.39, 0.29) is 36.3 Å². The van der Waals surface area contributed by atoms with Crippen molar-refractivity contribution in [2.75, 3.05) is 13.1 Å². The summed E-state index contributed by atoms with van der Waals surface area (Å²) in [5, 5.41) is 3.02. The SMILES string of the molecule is CCC(C(=O)NC(CN)C1CC1)N1CCCC1=O.Cl. The second-order valence-corrected chi connectivity index (χ2v) is 5.30. The molecule has 3 N–H and O–H groups in total. The number of carbonyl (C=O) groups excluding carboxylic acids is 2. The molecule has 0 bridgehead atoms. The fraction of sp³-hybridized carbons (Fsp3) is 0.846. The Morgan fingerprint density at radius 2 is 2.21 bits per heavy atom. The van der Waals surface area contributed by atoms with E-state index in [0.717, 1.165) is 19.3 Å². The first kappa shape index (κ1) is 16.2. The molecule has 2 rings (SSSR count). The van der Waals surface area contributed by atoms with Gasteiger partial charge in [0, 0.05) is 25.6 Å². The van der Waals surface area contributed by atoms with Crippen molar-refractivity contribution in [1.29, 1.82) is 0 Å². The molecule has 1 aliphatic heterocycles. The van der Waals surface area contributed by atoms with Gasteiger partial charge in [0.1, 0.15) is 6.04 Å². The number of hydrogen-bond acceptors (Lipinski definition) is 3. The fourth-order valence-corrected chi connectivity index (χ4v) is 2.69. The minimum atomic E-state index is -0.312. The van der Waals surface area contributed by atoms with Gasteiger partial charge in [-0.25, -0.2) is 0 Å². The van der Waals surface area contributed by atoms with E-state index in [1.54, 1.807) is 4.90 Å². The summed E-state index contributed by atoms with van der Waals surface area (Å²) in [6.07, 6.45) is 4.42. The third-order valence-corrected chi connectivity index (χ3v) is 3.95. The highest BCUT2D eigenvalue weighted by Crippen LogP contribution is 2.32. The number of carbonyl (C=O) groups is 2. The summed E-state index contributed by atoms with van der Waals surface area (Å²) in [6, 6.07) is -0.225. The van der Waals surface area contributed by atoms with Gasteiger partial charge >= 0.3 is 0 Å². The van der Waals surface area contributed by atoms with Crippen molar-refractivity contribution in [3.8, 4) is 0 Å². The van der Waals surface area contributed by atoms with E-state index in [1.807, 2.05) is 6.92 Å². The van der Waals surface area contributed by atoms with Crippen LogP contribution in [0.5, 0.6) is 0 Å². The standard InChI is InChI=1S/C13H23N3O2.ClH/c1-2-11(16-7-3-4-12(16)17)13(18)15-10(8-14)9-5-6-9;/h9-11H,2-8,14H2,1H3,(H,15,18);1H. The number of nitrogens with zero attached hydrogens (tertiary/aromatic N) is 1. The molecule has 1 saturated carbocycles. The van der Waals surface area contributed by atoms with Crippen molar-refractivity contribution in [3.05, 3.63) is 0 Å². The highest BCUT2D eigenvalue weighted by atomic mass is 35.5. The third kappa shape index (κ3) is 3.83. The van der Waals surface area contributed by atoms with E-state index in [1.165, 1.54) is 0 Å². The van der Waals surface area contributed by atoms with Gasteiger partial charge < -0.3 is 16.0 Å². The van der Waals surface area contributed by atoms with E-state index in [4.69, 9.17) is 5.73 Å². The molecule has 1 saturated heterocycles. The van der Waals surface area contributed by atoms with Crippen molar-refractivity contribution in [3.63, 3.8) is 0 Å². The molecule has 0 spiro atoms. The largest absolute Gasteiger partial charge is 0.350 e. The van der Waals surface area contributed by atoms with E-state index < -0.39 is 0 Å². The molecule has 6 heteroatoms. The van der Waals surface area contributed by atoms with E-state index in [9.17, 15) is 9.59 Å². The molecular formula is C13H24ClN3O2. The van der Waals surface area contributed by atoms with Crippen LogP contribution < -0.4 is 11.1 Å². The van der Waals surface area contributed by atoms with Gasteiger partial charge in [-0.15, -0.1) is 12.4 Å². The lowest BCUT2D eigenvalue weighted by Crippen LogP contribution is -2.52. The molecule has 19 heavy (non-hydrogen) atoms. The van der Waals surface area contributed by atoms with Crippen LogP contribution in [0.3, 0.4) is 0 Å². The van der Waals surface area contributed by atoms with Crippen LogP contribution in [0.2, 0.25) is 0 Å². The molecule has 110 valence electrons. The molecule has 2 aliphatic rings. The molecule has 1 aliphatic carbocycles. The summed E-state index contributed by atoms with van der Waals surface area (Å²) in [7, 11) is 0. The Labute approximate surface area is 120 Å².